The SMILES string of the molecule is O=C(NC1CCC(n2nc3c(cc2=O)CCC3)CC1)c1ccc(=O)[nH]c1. The van der Waals surface area contributed by atoms with Crippen molar-refractivity contribution in [2.45, 2.75) is 57.0 Å². The summed E-state index contributed by atoms with van der Waals surface area (Å²) in [5.41, 5.74) is 2.38. The number of nitrogens with zero attached hydrogens (tertiary/aromatic N) is 2. The summed E-state index contributed by atoms with van der Waals surface area (Å²) >= 11 is 0. The molecule has 7 heteroatoms. The quantitative estimate of drug-likeness (QED) is 0.869. The fourth-order valence-electron chi connectivity index (χ4n) is 3.96. The van der Waals surface area contributed by atoms with Crippen molar-refractivity contribution in [1.82, 2.24) is 20.1 Å². The first kappa shape index (κ1) is 16.8. The van der Waals surface area contributed by atoms with Crippen LogP contribution >= 0.6 is 0 Å². The minimum Gasteiger partial charge on any atom is -0.349 e. The molecule has 2 aliphatic carbocycles. The Hall–Kier alpha value is -2.70. The molecule has 2 aliphatic rings. The van der Waals surface area contributed by atoms with Gasteiger partial charge in [-0.3, -0.25) is 14.4 Å². The standard InChI is InChI=1S/C19H22N4O3/c24-17-9-4-13(11-20-17)19(26)21-14-5-7-15(8-6-14)23-18(25)10-12-2-1-3-16(12)22-23/h4,9-11,14-15H,1-3,5-8H2,(H,20,24)(H,21,26). The van der Waals surface area contributed by atoms with E-state index in [4.69, 9.17) is 0 Å². The number of carbonyl (C=O) groups excluding carboxylic acids is 1. The van der Waals surface area contributed by atoms with Crippen LogP contribution in [0.25, 0.3) is 0 Å². The number of nitrogens with one attached hydrogen (secondary N) is 2. The number of hydrogen-bond acceptors (Lipinski definition) is 4. The molecule has 0 unspecified atom stereocenters. The zero-order chi connectivity index (χ0) is 18.1. The Balaban J connectivity index is 1.38. The van der Waals surface area contributed by atoms with Crippen LogP contribution in [0, 0.1) is 0 Å². The maximum Gasteiger partial charge on any atom is 0.267 e. The molecule has 2 aromatic rings. The number of fused-ring (bicyclic) bond motifs is 1. The lowest BCUT2D eigenvalue weighted by Gasteiger charge is -2.29. The highest BCUT2D eigenvalue weighted by Crippen LogP contribution is 2.28. The smallest absolute Gasteiger partial charge is 0.267 e. The van der Waals surface area contributed by atoms with Crippen LogP contribution in [0.4, 0.5) is 0 Å². The summed E-state index contributed by atoms with van der Waals surface area (Å²) in [6.07, 6.45) is 7.69. The van der Waals surface area contributed by atoms with Gasteiger partial charge in [0.2, 0.25) is 5.56 Å². The third-order valence-corrected chi connectivity index (χ3v) is 5.41. The first-order valence-electron chi connectivity index (χ1n) is 9.21. The lowest BCUT2D eigenvalue weighted by atomic mass is 9.91. The number of pyridine rings is 1. The van der Waals surface area contributed by atoms with E-state index in [1.165, 1.54) is 18.3 Å². The molecule has 0 bridgehead atoms. The zero-order valence-electron chi connectivity index (χ0n) is 14.5. The maximum atomic E-state index is 12.4. The lowest BCUT2D eigenvalue weighted by Crippen LogP contribution is -2.39. The second-order valence-electron chi connectivity index (χ2n) is 7.17. The van der Waals surface area contributed by atoms with E-state index < -0.39 is 0 Å². The van der Waals surface area contributed by atoms with E-state index in [9.17, 15) is 14.4 Å². The molecule has 0 aliphatic heterocycles. The van der Waals surface area contributed by atoms with Gasteiger partial charge in [0.05, 0.1) is 17.3 Å². The van der Waals surface area contributed by atoms with Crippen molar-refractivity contribution in [3.05, 3.63) is 61.9 Å². The van der Waals surface area contributed by atoms with E-state index in [0.29, 0.717) is 5.56 Å². The van der Waals surface area contributed by atoms with Crippen molar-refractivity contribution >= 4 is 5.91 Å². The van der Waals surface area contributed by atoms with Crippen LogP contribution in [0.15, 0.2) is 34.0 Å². The Bertz CT molecular complexity index is 918. The summed E-state index contributed by atoms with van der Waals surface area (Å²) in [5.74, 6) is -0.183. The third kappa shape index (κ3) is 3.34. The highest BCUT2D eigenvalue weighted by molar-refractivity contribution is 5.93. The number of aryl methyl sites for hydroxylation is 2. The molecule has 26 heavy (non-hydrogen) atoms. The van der Waals surface area contributed by atoms with Crippen LogP contribution in [-0.4, -0.2) is 26.7 Å². The molecule has 7 nitrogen and oxygen atoms in total. The molecule has 2 heterocycles. The molecule has 0 aromatic carbocycles. The van der Waals surface area contributed by atoms with Gasteiger partial charge in [0, 0.05) is 24.4 Å². The Morgan fingerprint density at radius 3 is 2.69 bits per heavy atom. The van der Waals surface area contributed by atoms with Gasteiger partial charge in [0.1, 0.15) is 0 Å². The number of H-pyrrole nitrogens is 1. The van der Waals surface area contributed by atoms with Gasteiger partial charge in [-0.1, -0.05) is 0 Å². The van der Waals surface area contributed by atoms with E-state index >= 15 is 0 Å². The summed E-state index contributed by atoms with van der Waals surface area (Å²) in [7, 11) is 0. The summed E-state index contributed by atoms with van der Waals surface area (Å²) in [6, 6.07) is 4.80. The van der Waals surface area contributed by atoms with Gasteiger partial charge in [-0.05, 0) is 56.6 Å². The predicted octanol–water partition coefficient (Wildman–Crippen LogP) is 1.33. The third-order valence-electron chi connectivity index (χ3n) is 5.41. The van der Waals surface area contributed by atoms with Crippen molar-refractivity contribution in [3.8, 4) is 0 Å². The summed E-state index contributed by atoms with van der Waals surface area (Å²) in [4.78, 5) is 38.2. The largest absolute Gasteiger partial charge is 0.349 e. The van der Waals surface area contributed by atoms with Crippen LogP contribution in [0.1, 0.15) is 59.8 Å². The van der Waals surface area contributed by atoms with E-state index in [1.54, 1.807) is 10.7 Å². The van der Waals surface area contributed by atoms with Crippen molar-refractivity contribution in [3.63, 3.8) is 0 Å². The van der Waals surface area contributed by atoms with Crippen molar-refractivity contribution in [1.29, 1.82) is 0 Å². The monoisotopic (exact) mass is 354 g/mol. The Labute approximate surface area is 150 Å². The zero-order valence-corrected chi connectivity index (χ0v) is 14.5. The second kappa shape index (κ2) is 6.90. The Morgan fingerprint density at radius 2 is 1.96 bits per heavy atom. The minimum absolute atomic E-state index is 0.00799. The Morgan fingerprint density at radius 1 is 1.15 bits per heavy atom. The van der Waals surface area contributed by atoms with Crippen LogP contribution in [-0.2, 0) is 12.8 Å². The molecule has 1 saturated carbocycles. The molecule has 2 N–H and O–H groups in total. The second-order valence-corrected chi connectivity index (χ2v) is 7.17. The normalized spacial score (nSPS) is 22.0. The minimum atomic E-state index is -0.227. The Kier molecular flexibility index (Phi) is 4.44. The maximum absolute atomic E-state index is 12.4. The lowest BCUT2D eigenvalue weighted by molar-refractivity contribution is 0.0921. The van der Waals surface area contributed by atoms with Gasteiger partial charge in [0.15, 0.2) is 0 Å². The molecule has 0 spiro atoms. The molecule has 0 saturated heterocycles. The average Bonchev–Trinajstić information content (AvgIpc) is 3.09. The molecule has 2 aromatic heterocycles. The van der Waals surface area contributed by atoms with Gasteiger partial charge in [0.25, 0.3) is 11.5 Å². The summed E-state index contributed by atoms with van der Waals surface area (Å²) < 4.78 is 1.66. The number of hydrogen-bond donors (Lipinski definition) is 2. The van der Waals surface area contributed by atoms with Crippen LogP contribution in [0.2, 0.25) is 0 Å². The first-order chi connectivity index (χ1) is 12.6. The van der Waals surface area contributed by atoms with Gasteiger partial charge in [-0.2, -0.15) is 5.10 Å². The summed E-state index contributed by atoms with van der Waals surface area (Å²) in [5, 5.41) is 7.62. The van der Waals surface area contributed by atoms with Crippen LogP contribution in [0.5, 0.6) is 0 Å². The highest BCUT2D eigenvalue weighted by atomic mass is 16.2. The van der Waals surface area contributed by atoms with Crippen LogP contribution < -0.4 is 16.4 Å². The molecule has 4 rings (SSSR count). The van der Waals surface area contributed by atoms with E-state index in [0.717, 1.165) is 56.2 Å². The van der Waals surface area contributed by atoms with E-state index in [-0.39, 0.29) is 29.1 Å². The topological polar surface area (TPSA) is 96.8 Å². The van der Waals surface area contributed by atoms with E-state index in [1.807, 2.05) is 0 Å². The van der Waals surface area contributed by atoms with Crippen molar-refractivity contribution in [2.24, 2.45) is 0 Å². The molecule has 136 valence electrons. The number of rotatable bonds is 3. The highest BCUT2D eigenvalue weighted by Gasteiger charge is 2.26. The summed E-state index contributed by atoms with van der Waals surface area (Å²) in [6.45, 7) is 0. The fourth-order valence-corrected chi connectivity index (χ4v) is 3.96. The van der Waals surface area contributed by atoms with E-state index in [2.05, 4.69) is 15.4 Å². The van der Waals surface area contributed by atoms with Gasteiger partial charge in [-0.15, -0.1) is 0 Å². The van der Waals surface area contributed by atoms with Gasteiger partial charge < -0.3 is 10.3 Å². The van der Waals surface area contributed by atoms with Gasteiger partial charge in [-0.25, -0.2) is 4.68 Å². The molecule has 0 radical (unpaired) electrons. The average molecular weight is 354 g/mol. The van der Waals surface area contributed by atoms with Crippen molar-refractivity contribution in [2.75, 3.05) is 0 Å². The molecule has 1 fully saturated rings. The molecular formula is C19H22N4O3. The molecule has 1 amide bonds. The first-order valence-corrected chi connectivity index (χ1v) is 9.21. The fraction of sp³-hybridized carbons (Fsp3) is 0.474. The van der Waals surface area contributed by atoms with Crippen molar-refractivity contribution < 1.29 is 4.79 Å². The van der Waals surface area contributed by atoms with Gasteiger partial charge >= 0.3 is 0 Å². The number of aromatic nitrogens is 3. The molecular weight excluding hydrogens is 332 g/mol. The predicted molar refractivity (Wildman–Crippen MR) is 96.3 cm³/mol. The number of aromatic amines is 1. The molecule has 0 atom stereocenters. The number of amides is 1. The van der Waals surface area contributed by atoms with Crippen LogP contribution in [0.3, 0.4) is 0 Å². The number of carbonyl (C=O) groups is 1.